The fraction of sp³-hybridized carbons (Fsp3) is 0.150. The summed E-state index contributed by atoms with van der Waals surface area (Å²) in [6.07, 6.45) is 5.33. The predicted molar refractivity (Wildman–Crippen MR) is 98.5 cm³/mol. The summed E-state index contributed by atoms with van der Waals surface area (Å²) in [5.41, 5.74) is 3.15. The number of aromatic nitrogens is 4. The Bertz CT molecular complexity index is 1020. The molecule has 0 fully saturated rings. The van der Waals surface area contributed by atoms with Gasteiger partial charge in [-0.2, -0.15) is 0 Å². The molecule has 130 valence electrons. The first-order valence-corrected chi connectivity index (χ1v) is 8.47. The molecule has 0 saturated carbocycles. The Labute approximate surface area is 151 Å². The number of benzene rings is 1. The fourth-order valence-corrected chi connectivity index (χ4v) is 3.09. The van der Waals surface area contributed by atoms with Gasteiger partial charge in [0.15, 0.2) is 0 Å². The topological polar surface area (TPSA) is 66.3 Å². The lowest BCUT2D eigenvalue weighted by Gasteiger charge is -2.22. The molecule has 4 aromatic rings. The van der Waals surface area contributed by atoms with Crippen molar-refractivity contribution in [2.75, 3.05) is 0 Å². The zero-order valence-electron chi connectivity index (χ0n) is 14.5. The number of carbonyl (C=O) groups excluding carboxylic acids is 1. The second-order valence-electron chi connectivity index (χ2n) is 6.16. The number of amides is 1. The van der Waals surface area contributed by atoms with E-state index < -0.39 is 0 Å². The van der Waals surface area contributed by atoms with Crippen LogP contribution >= 0.6 is 0 Å². The number of hydrogen-bond donors (Lipinski definition) is 1. The number of fused-ring (bicyclic) bond motifs is 1. The highest BCUT2D eigenvalue weighted by Gasteiger charge is 2.23. The quantitative estimate of drug-likeness (QED) is 0.604. The van der Waals surface area contributed by atoms with Crippen molar-refractivity contribution in [2.45, 2.75) is 20.0 Å². The first-order chi connectivity index (χ1) is 12.7. The van der Waals surface area contributed by atoms with Crippen molar-refractivity contribution in [3.63, 3.8) is 0 Å². The summed E-state index contributed by atoms with van der Waals surface area (Å²) in [5, 5.41) is 0. The van der Waals surface area contributed by atoms with Crippen LogP contribution in [0.15, 0.2) is 67.1 Å². The van der Waals surface area contributed by atoms with E-state index in [-0.39, 0.29) is 5.91 Å². The number of nitrogens with zero attached hydrogens (tertiary/aromatic N) is 4. The highest BCUT2D eigenvalue weighted by atomic mass is 16.2. The Hall–Kier alpha value is -3.41. The second-order valence-corrected chi connectivity index (χ2v) is 6.16. The van der Waals surface area contributed by atoms with Crippen molar-refractivity contribution in [1.82, 2.24) is 24.3 Å². The van der Waals surface area contributed by atoms with Crippen LogP contribution in [-0.2, 0) is 13.1 Å². The Morgan fingerprint density at radius 1 is 1.12 bits per heavy atom. The van der Waals surface area contributed by atoms with Crippen LogP contribution in [0.5, 0.6) is 0 Å². The summed E-state index contributed by atoms with van der Waals surface area (Å²) in [6.45, 7) is 2.77. The average Bonchev–Trinajstić information content (AvgIpc) is 3.28. The average molecular weight is 345 g/mol. The van der Waals surface area contributed by atoms with Crippen molar-refractivity contribution in [3.8, 4) is 0 Å². The maximum absolute atomic E-state index is 13.4. The molecule has 3 aromatic heterocycles. The fourth-order valence-electron chi connectivity index (χ4n) is 3.09. The molecule has 1 amide bonds. The highest BCUT2D eigenvalue weighted by molar-refractivity contribution is 5.94. The minimum atomic E-state index is -0.0681. The van der Waals surface area contributed by atoms with Crippen molar-refractivity contribution in [3.05, 3.63) is 89.9 Å². The molecule has 0 aliphatic carbocycles. The van der Waals surface area contributed by atoms with Crippen molar-refractivity contribution in [2.24, 2.45) is 0 Å². The van der Waals surface area contributed by atoms with Gasteiger partial charge in [-0.15, -0.1) is 0 Å². The normalized spacial score (nSPS) is 11.0. The largest absolute Gasteiger partial charge is 0.347 e. The summed E-state index contributed by atoms with van der Waals surface area (Å²) < 4.78 is 1.85. The Balaban J connectivity index is 1.72. The molecule has 0 bridgehead atoms. The van der Waals surface area contributed by atoms with E-state index >= 15 is 0 Å². The number of hydrogen-bond acceptors (Lipinski definition) is 3. The van der Waals surface area contributed by atoms with Crippen LogP contribution < -0.4 is 0 Å². The number of carbonyl (C=O) groups is 1. The molecule has 4 rings (SSSR count). The molecule has 0 saturated heterocycles. The smallest absolute Gasteiger partial charge is 0.273 e. The lowest BCUT2D eigenvalue weighted by atomic mass is 10.2. The molecule has 0 unspecified atom stereocenters. The summed E-state index contributed by atoms with van der Waals surface area (Å²) in [4.78, 5) is 27.0. The summed E-state index contributed by atoms with van der Waals surface area (Å²) in [6, 6.07) is 15.7. The Kier molecular flexibility index (Phi) is 4.23. The van der Waals surface area contributed by atoms with E-state index in [9.17, 15) is 4.79 Å². The first kappa shape index (κ1) is 16.1. The van der Waals surface area contributed by atoms with E-state index in [1.807, 2.05) is 66.1 Å². The van der Waals surface area contributed by atoms with Crippen molar-refractivity contribution >= 4 is 11.6 Å². The number of aryl methyl sites for hydroxylation is 1. The number of rotatable bonds is 5. The molecular weight excluding hydrogens is 326 g/mol. The third-order valence-corrected chi connectivity index (χ3v) is 4.31. The molecule has 0 aliphatic rings. The van der Waals surface area contributed by atoms with Gasteiger partial charge in [0.1, 0.15) is 17.2 Å². The van der Waals surface area contributed by atoms with Gasteiger partial charge >= 0.3 is 0 Å². The van der Waals surface area contributed by atoms with Crippen LogP contribution in [-0.4, -0.2) is 30.2 Å². The van der Waals surface area contributed by atoms with E-state index in [0.717, 1.165) is 22.7 Å². The van der Waals surface area contributed by atoms with Crippen LogP contribution in [0.4, 0.5) is 0 Å². The van der Waals surface area contributed by atoms with Gasteiger partial charge in [0.2, 0.25) is 0 Å². The van der Waals surface area contributed by atoms with Gasteiger partial charge in [0.25, 0.3) is 5.91 Å². The molecule has 26 heavy (non-hydrogen) atoms. The van der Waals surface area contributed by atoms with Gasteiger partial charge in [-0.3, -0.25) is 9.20 Å². The van der Waals surface area contributed by atoms with Gasteiger partial charge in [0.05, 0.1) is 12.2 Å². The highest BCUT2D eigenvalue weighted by Crippen LogP contribution is 2.17. The summed E-state index contributed by atoms with van der Waals surface area (Å²) in [7, 11) is 0. The lowest BCUT2D eigenvalue weighted by Crippen LogP contribution is -2.32. The summed E-state index contributed by atoms with van der Waals surface area (Å²) in [5.74, 6) is 0.683. The SMILES string of the molecule is Cc1nc2ccccn2c1C(=O)N(Cc1ccccc1)Cc1ncc[nH]1. The van der Waals surface area contributed by atoms with Crippen LogP contribution in [0.25, 0.3) is 5.65 Å². The van der Waals surface area contributed by atoms with Crippen LogP contribution in [0.3, 0.4) is 0 Å². The van der Waals surface area contributed by atoms with E-state index in [2.05, 4.69) is 15.0 Å². The second kappa shape index (κ2) is 6.84. The standard InChI is InChI=1S/C20H19N5O/c1-15-19(25-12-6-5-9-18(25)23-15)20(26)24(14-17-21-10-11-22-17)13-16-7-3-2-4-8-16/h2-12H,13-14H2,1H3,(H,21,22). The van der Waals surface area contributed by atoms with Gasteiger partial charge in [-0.1, -0.05) is 36.4 Å². The van der Waals surface area contributed by atoms with Crippen molar-refractivity contribution < 1.29 is 4.79 Å². The molecule has 1 aromatic carbocycles. The molecular formula is C20H19N5O. The summed E-state index contributed by atoms with van der Waals surface area (Å²) >= 11 is 0. The third-order valence-electron chi connectivity index (χ3n) is 4.31. The van der Waals surface area contributed by atoms with E-state index in [1.54, 1.807) is 17.3 Å². The molecule has 0 spiro atoms. The van der Waals surface area contributed by atoms with Gasteiger partial charge < -0.3 is 9.88 Å². The minimum Gasteiger partial charge on any atom is -0.347 e. The first-order valence-electron chi connectivity index (χ1n) is 8.47. The maximum atomic E-state index is 13.4. The molecule has 6 heteroatoms. The number of pyridine rings is 1. The van der Waals surface area contributed by atoms with Crippen LogP contribution in [0, 0.1) is 6.92 Å². The van der Waals surface area contributed by atoms with Crippen LogP contribution in [0.1, 0.15) is 27.6 Å². The molecule has 1 N–H and O–H groups in total. The number of aromatic amines is 1. The van der Waals surface area contributed by atoms with E-state index in [0.29, 0.717) is 18.8 Å². The zero-order chi connectivity index (χ0) is 17.9. The van der Waals surface area contributed by atoms with Gasteiger partial charge in [-0.25, -0.2) is 9.97 Å². The van der Waals surface area contributed by atoms with E-state index in [1.165, 1.54) is 0 Å². The monoisotopic (exact) mass is 345 g/mol. The number of H-pyrrole nitrogens is 1. The minimum absolute atomic E-state index is 0.0681. The predicted octanol–water partition coefficient (Wildman–Crippen LogP) is 3.21. The van der Waals surface area contributed by atoms with Gasteiger partial charge in [-0.05, 0) is 24.6 Å². The molecule has 0 radical (unpaired) electrons. The molecule has 3 heterocycles. The lowest BCUT2D eigenvalue weighted by molar-refractivity contribution is 0.0718. The Morgan fingerprint density at radius 2 is 1.92 bits per heavy atom. The molecule has 6 nitrogen and oxygen atoms in total. The van der Waals surface area contributed by atoms with Crippen molar-refractivity contribution in [1.29, 1.82) is 0 Å². The molecule has 0 atom stereocenters. The number of imidazole rings is 2. The number of nitrogens with one attached hydrogen (secondary N) is 1. The van der Waals surface area contributed by atoms with E-state index in [4.69, 9.17) is 0 Å². The van der Waals surface area contributed by atoms with Gasteiger partial charge in [0, 0.05) is 25.1 Å². The Morgan fingerprint density at radius 3 is 2.69 bits per heavy atom. The zero-order valence-corrected chi connectivity index (χ0v) is 14.5. The molecule has 0 aliphatic heterocycles. The maximum Gasteiger partial charge on any atom is 0.273 e. The third kappa shape index (κ3) is 3.09. The van der Waals surface area contributed by atoms with Crippen LogP contribution in [0.2, 0.25) is 0 Å².